The minimum absolute atomic E-state index is 0.105. The second-order valence-corrected chi connectivity index (χ2v) is 4.59. The smallest absolute Gasteiger partial charge is 0.129 e. The van der Waals surface area contributed by atoms with Crippen LogP contribution in [0.3, 0.4) is 0 Å². The van der Waals surface area contributed by atoms with Crippen molar-refractivity contribution in [2.45, 2.75) is 20.0 Å². The van der Waals surface area contributed by atoms with Gasteiger partial charge in [-0.1, -0.05) is 30.3 Å². The van der Waals surface area contributed by atoms with E-state index >= 15 is 0 Å². The maximum atomic E-state index is 13.3. The summed E-state index contributed by atoms with van der Waals surface area (Å²) in [5, 5.41) is 10.1. The summed E-state index contributed by atoms with van der Waals surface area (Å²) in [6, 6.07) is 12.3. The molecule has 2 aromatic rings. The van der Waals surface area contributed by atoms with E-state index in [1.165, 1.54) is 6.07 Å². The number of ether oxygens (including phenoxy) is 1. The van der Waals surface area contributed by atoms with Crippen molar-refractivity contribution in [1.29, 1.82) is 0 Å². The molecule has 0 aromatic heterocycles. The van der Waals surface area contributed by atoms with E-state index in [0.29, 0.717) is 11.3 Å². The predicted molar refractivity (Wildman–Crippen MR) is 72.8 cm³/mol. The highest BCUT2D eigenvalue weighted by Gasteiger charge is 2.11. The molecule has 0 spiro atoms. The van der Waals surface area contributed by atoms with Crippen LogP contribution >= 0.6 is 0 Å². The molecule has 0 fully saturated rings. The van der Waals surface area contributed by atoms with E-state index in [2.05, 4.69) is 0 Å². The molecule has 100 valence electrons. The van der Waals surface area contributed by atoms with Crippen LogP contribution in [-0.4, -0.2) is 11.7 Å². The molecule has 0 saturated heterocycles. The first kappa shape index (κ1) is 13.6. The first-order chi connectivity index (χ1) is 9.08. The minimum Gasteiger partial charge on any atom is -0.490 e. The summed E-state index contributed by atoms with van der Waals surface area (Å²) < 4.78 is 18.8. The zero-order valence-corrected chi connectivity index (χ0v) is 11.1. The van der Waals surface area contributed by atoms with Gasteiger partial charge in [-0.3, -0.25) is 0 Å². The van der Waals surface area contributed by atoms with Gasteiger partial charge in [0.1, 0.15) is 24.3 Å². The fourth-order valence-corrected chi connectivity index (χ4v) is 1.89. The second kappa shape index (κ2) is 5.85. The first-order valence-electron chi connectivity index (χ1n) is 6.20. The highest BCUT2D eigenvalue weighted by atomic mass is 19.1. The van der Waals surface area contributed by atoms with E-state index in [4.69, 9.17) is 4.74 Å². The highest BCUT2D eigenvalue weighted by Crippen LogP contribution is 2.20. The summed E-state index contributed by atoms with van der Waals surface area (Å²) in [4.78, 5) is 0. The van der Waals surface area contributed by atoms with E-state index in [0.717, 1.165) is 11.1 Å². The summed E-state index contributed by atoms with van der Waals surface area (Å²) in [5.41, 5.74) is 2.41. The fourth-order valence-electron chi connectivity index (χ4n) is 1.89. The van der Waals surface area contributed by atoms with Gasteiger partial charge in [-0.2, -0.15) is 0 Å². The van der Waals surface area contributed by atoms with Crippen LogP contribution in [0.2, 0.25) is 0 Å². The summed E-state index contributed by atoms with van der Waals surface area (Å²) >= 11 is 0. The molecule has 1 unspecified atom stereocenters. The largest absolute Gasteiger partial charge is 0.490 e. The van der Waals surface area contributed by atoms with Gasteiger partial charge in [0.15, 0.2) is 0 Å². The summed E-state index contributed by atoms with van der Waals surface area (Å²) in [7, 11) is 0. The second-order valence-electron chi connectivity index (χ2n) is 4.59. The van der Waals surface area contributed by atoms with Crippen molar-refractivity contribution in [3.8, 4) is 5.75 Å². The van der Waals surface area contributed by atoms with Crippen LogP contribution in [0, 0.1) is 19.7 Å². The molecular formula is C16H17FO2. The van der Waals surface area contributed by atoms with Crippen LogP contribution in [0.25, 0.3) is 0 Å². The Balaban J connectivity index is 2.02. The number of rotatable bonds is 4. The lowest BCUT2D eigenvalue weighted by Gasteiger charge is -2.15. The quantitative estimate of drug-likeness (QED) is 0.910. The molecule has 19 heavy (non-hydrogen) atoms. The molecule has 2 nitrogen and oxygen atoms in total. The average Bonchev–Trinajstić information content (AvgIpc) is 2.40. The lowest BCUT2D eigenvalue weighted by Crippen LogP contribution is -2.11. The SMILES string of the molecule is Cc1ccc(OCC(O)c2ccccc2C)cc1F. The van der Waals surface area contributed by atoms with E-state index in [1.807, 2.05) is 31.2 Å². The maximum Gasteiger partial charge on any atom is 0.129 e. The van der Waals surface area contributed by atoms with E-state index < -0.39 is 6.10 Å². The molecule has 2 aromatic carbocycles. The van der Waals surface area contributed by atoms with Gasteiger partial charge < -0.3 is 9.84 Å². The van der Waals surface area contributed by atoms with Gasteiger partial charge in [0, 0.05) is 6.07 Å². The Morgan fingerprint density at radius 1 is 1.11 bits per heavy atom. The number of aryl methyl sites for hydroxylation is 2. The molecule has 0 aliphatic carbocycles. The minimum atomic E-state index is -0.717. The molecule has 3 heteroatoms. The monoisotopic (exact) mass is 260 g/mol. The van der Waals surface area contributed by atoms with E-state index in [-0.39, 0.29) is 12.4 Å². The molecule has 1 N–H and O–H groups in total. The van der Waals surface area contributed by atoms with Crippen LogP contribution in [0.5, 0.6) is 5.75 Å². The molecule has 0 bridgehead atoms. The number of hydrogen-bond acceptors (Lipinski definition) is 2. The van der Waals surface area contributed by atoms with Crippen LogP contribution < -0.4 is 4.74 Å². The van der Waals surface area contributed by atoms with E-state index in [1.54, 1.807) is 19.1 Å². The van der Waals surface area contributed by atoms with Crippen LogP contribution in [0.4, 0.5) is 4.39 Å². The Labute approximate surface area is 112 Å². The van der Waals surface area contributed by atoms with Crippen LogP contribution in [-0.2, 0) is 0 Å². The standard InChI is InChI=1S/C16H17FO2/c1-11-5-3-4-6-14(11)16(18)10-19-13-8-7-12(2)15(17)9-13/h3-9,16,18H,10H2,1-2H3. The van der Waals surface area contributed by atoms with E-state index in [9.17, 15) is 9.50 Å². The normalized spacial score (nSPS) is 12.2. The number of hydrogen-bond donors (Lipinski definition) is 1. The molecule has 0 aliphatic rings. The number of benzene rings is 2. The Morgan fingerprint density at radius 3 is 2.53 bits per heavy atom. The zero-order chi connectivity index (χ0) is 13.8. The lowest BCUT2D eigenvalue weighted by atomic mass is 10.0. The van der Waals surface area contributed by atoms with Gasteiger partial charge in [0.25, 0.3) is 0 Å². The Morgan fingerprint density at radius 2 is 1.84 bits per heavy atom. The number of aliphatic hydroxyl groups excluding tert-OH is 1. The number of halogens is 1. The van der Waals surface area contributed by atoms with Crippen molar-refractivity contribution in [2.75, 3.05) is 6.61 Å². The molecular weight excluding hydrogens is 243 g/mol. The van der Waals surface area contributed by atoms with Crippen molar-refractivity contribution < 1.29 is 14.2 Å². The molecule has 0 heterocycles. The Hall–Kier alpha value is -1.87. The predicted octanol–water partition coefficient (Wildman–Crippen LogP) is 3.55. The Bertz CT molecular complexity index is 566. The van der Waals surface area contributed by atoms with Crippen molar-refractivity contribution in [3.05, 3.63) is 65.0 Å². The van der Waals surface area contributed by atoms with Crippen molar-refractivity contribution in [2.24, 2.45) is 0 Å². The molecule has 1 atom stereocenters. The third kappa shape index (κ3) is 3.32. The van der Waals surface area contributed by atoms with Gasteiger partial charge in [0.2, 0.25) is 0 Å². The maximum absolute atomic E-state index is 13.3. The van der Waals surface area contributed by atoms with Gasteiger partial charge in [-0.05, 0) is 36.6 Å². The van der Waals surface area contributed by atoms with Gasteiger partial charge >= 0.3 is 0 Å². The zero-order valence-electron chi connectivity index (χ0n) is 11.1. The molecule has 0 saturated carbocycles. The Kier molecular flexibility index (Phi) is 4.17. The number of aliphatic hydroxyl groups is 1. The fraction of sp³-hybridized carbons (Fsp3) is 0.250. The van der Waals surface area contributed by atoms with Crippen molar-refractivity contribution in [3.63, 3.8) is 0 Å². The molecule has 2 rings (SSSR count). The van der Waals surface area contributed by atoms with Gasteiger partial charge in [-0.15, -0.1) is 0 Å². The molecule has 0 amide bonds. The highest BCUT2D eigenvalue weighted by molar-refractivity contribution is 5.29. The summed E-state index contributed by atoms with van der Waals surface area (Å²) in [6.45, 7) is 3.73. The van der Waals surface area contributed by atoms with Crippen LogP contribution in [0.1, 0.15) is 22.8 Å². The van der Waals surface area contributed by atoms with Crippen LogP contribution in [0.15, 0.2) is 42.5 Å². The lowest BCUT2D eigenvalue weighted by molar-refractivity contribution is 0.107. The summed E-state index contributed by atoms with van der Waals surface area (Å²) in [6.07, 6.45) is -0.717. The average molecular weight is 260 g/mol. The van der Waals surface area contributed by atoms with Crippen molar-refractivity contribution in [1.82, 2.24) is 0 Å². The molecule has 0 aliphatic heterocycles. The van der Waals surface area contributed by atoms with Crippen molar-refractivity contribution >= 4 is 0 Å². The third-order valence-corrected chi connectivity index (χ3v) is 3.10. The topological polar surface area (TPSA) is 29.5 Å². The first-order valence-corrected chi connectivity index (χ1v) is 6.20. The van der Waals surface area contributed by atoms with Gasteiger partial charge in [-0.25, -0.2) is 4.39 Å². The molecule has 0 radical (unpaired) electrons. The summed E-state index contributed by atoms with van der Waals surface area (Å²) in [5.74, 6) is 0.124. The van der Waals surface area contributed by atoms with Gasteiger partial charge in [0.05, 0.1) is 0 Å². The third-order valence-electron chi connectivity index (χ3n) is 3.10.